The molecule has 0 atom stereocenters. The number of thioether (sulfide) groups is 1. The van der Waals surface area contributed by atoms with Gasteiger partial charge in [0.15, 0.2) is 0 Å². The standard InChI is InChI=1S/C23H23N5O2S/c1-16-7-6-8-18(13-16)15-31-23-26-25-21(22(29)28(23)27-11-4-5-12-27)24-19-14-17(2)9-10-20(19)30-3/h4-14H,15H2,1-3H3,(H,24,25). The van der Waals surface area contributed by atoms with E-state index in [0.717, 1.165) is 11.1 Å². The van der Waals surface area contributed by atoms with Crippen molar-refractivity contribution in [1.29, 1.82) is 0 Å². The molecule has 0 aliphatic rings. The maximum Gasteiger partial charge on any atom is 0.316 e. The number of benzene rings is 2. The fourth-order valence-corrected chi connectivity index (χ4v) is 4.07. The molecular weight excluding hydrogens is 410 g/mol. The Bertz CT molecular complexity index is 1250. The van der Waals surface area contributed by atoms with Crippen LogP contribution in [0.4, 0.5) is 11.5 Å². The second-order valence-corrected chi connectivity index (χ2v) is 8.06. The van der Waals surface area contributed by atoms with Crippen molar-refractivity contribution in [3.63, 3.8) is 0 Å². The molecule has 2 heterocycles. The molecule has 0 saturated carbocycles. The molecule has 0 unspecified atom stereocenters. The van der Waals surface area contributed by atoms with Crippen LogP contribution >= 0.6 is 11.8 Å². The largest absolute Gasteiger partial charge is 0.495 e. The highest BCUT2D eigenvalue weighted by Crippen LogP contribution is 2.27. The summed E-state index contributed by atoms with van der Waals surface area (Å²) >= 11 is 1.46. The van der Waals surface area contributed by atoms with Gasteiger partial charge in [-0.05, 0) is 49.2 Å². The second kappa shape index (κ2) is 9.09. The van der Waals surface area contributed by atoms with Gasteiger partial charge >= 0.3 is 5.56 Å². The Labute approximate surface area is 184 Å². The summed E-state index contributed by atoms with van der Waals surface area (Å²) in [5, 5.41) is 12.1. The molecule has 31 heavy (non-hydrogen) atoms. The number of rotatable bonds is 7. The Morgan fingerprint density at radius 2 is 1.77 bits per heavy atom. The van der Waals surface area contributed by atoms with Crippen molar-refractivity contribution in [2.45, 2.75) is 24.8 Å². The Morgan fingerprint density at radius 3 is 2.52 bits per heavy atom. The van der Waals surface area contributed by atoms with Crippen molar-refractivity contribution in [2.75, 3.05) is 12.4 Å². The van der Waals surface area contributed by atoms with E-state index in [4.69, 9.17) is 4.74 Å². The van der Waals surface area contributed by atoms with Crippen LogP contribution in [0.25, 0.3) is 0 Å². The fraction of sp³-hybridized carbons (Fsp3) is 0.174. The highest BCUT2D eigenvalue weighted by molar-refractivity contribution is 7.98. The highest BCUT2D eigenvalue weighted by atomic mass is 32.2. The minimum Gasteiger partial charge on any atom is -0.495 e. The lowest BCUT2D eigenvalue weighted by Gasteiger charge is -2.15. The van der Waals surface area contributed by atoms with Gasteiger partial charge in [-0.3, -0.25) is 9.47 Å². The molecular formula is C23H23N5O2S. The molecule has 0 aliphatic carbocycles. The smallest absolute Gasteiger partial charge is 0.316 e. The van der Waals surface area contributed by atoms with Crippen molar-refractivity contribution in [3.8, 4) is 5.75 Å². The van der Waals surface area contributed by atoms with Crippen molar-refractivity contribution >= 4 is 23.3 Å². The molecule has 1 N–H and O–H groups in total. The summed E-state index contributed by atoms with van der Waals surface area (Å²) in [5.41, 5.74) is 3.74. The summed E-state index contributed by atoms with van der Waals surface area (Å²) in [7, 11) is 1.59. The van der Waals surface area contributed by atoms with Crippen LogP contribution in [0.1, 0.15) is 16.7 Å². The molecule has 0 radical (unpaired) electrons. The van der Waals surface area contributed by atoms with Gasteiger partial charge in [-0.25, -0.2) is 0 Å². The molecule has 4 rings (SSSR count). The minimum absolute atomic E-state index is 0.123. The zero-order chi connectivity index (χ0) is 21.8. The first-order valence-corrected chi connectivity index (χ1v) is 10.8. The number of anilines is 2. The van der Waals surface area contributed by atoms with Crippen LogP contribution < -0.4 is 15.6 Å². The van der Waals surface area contributed by atoms with E-state index >= 15 is 0 Å². The highest BCUT2D eigenvalue weighted by Gasteiger charge is 2.16. The summed E-state index contributed by atoms with van der Waals surface area (Å²) in [6.45, 7) is 4.03. The van der Waals surface area contributed by atoms with E-state index in [2.05, 4.69) is 40.6 Å². The van der Waals surface area contributed by atoms with E-state index in [-0.39, 0.29) is 11.4 Å². The van der Waals surface area contributed by atoms with E-state index in [0.29, 0.717) is 22.3 Å². The van der Waals surface area contributed by atoms with E-state index in [1.807, 2.05) is 43.3 Å². The molecule has 7 nitrogen and oxygen atoms in total. The van der Waals surface area contributed by atoms with Crippen LogP contribution in [-0.4, -0.2) is 26.7 Å². The van der Waals surface area contributed by atoms with E-state index in [9.17, 15) is 4.79 Å². The zero-order valence-corrected chi connectivity index (χ0v) is 18.4. The molecule has 0 amide bonds. The lowest BCUT2D eigenvalue weighted by molar-refractivity contribution is 0.416. The molecule has 2 aromatic heterocycles. The average Bonchev–Trinajstić information content (AvgIpc) is 3.28. The predicted molar refractivity (Wildman–Crippen MR) is 123 cm³/mol. The number of aryl methyl sites for hydroxylation is 2. The third-order valence-corrected chi connectivity index (χ3v) is 5.68. The van der Waals surface area contributed by atoms with Crippen LogP contribution in [0.2, 0.25) is 0 Å². The Kier molecular flexibility index (Phi) is 6.08. The molecule has 0 bridgehead atoms. The summed E-state index contributed by atoms with van der Waals surface area (Å²) in [6.07, 6.45) is 3.60. The first-order chi connectivity index (χ1) is 15.0. The van der Waals surface area contributed by atoms with Crippen LogP contribution in [0.3, 0.4) is 0 Å². The maximum atomic E-state index is 13.4. The van der Waals surface area contributed by atoms with Gasteiger partial charge in [0, 0.05) is 18.1 Å². The number of hydrogen-bond donors (Lipinski definition) is 1. The number of hydrogen-bond acceptors (Lipinski definition) is 6. The van der Waals surface area contributed by atoms with Crippen molar-refractivity contribution < 1.29 is 4.74 Å². The summed E-state index contributed by atoms with van der Waals surface area (Å²) in [6, 6.07) is 17.7. The SMILES string of the molecule is COc1ccc(C)cc1Nc1nnc(SCc2cccc(C)c2)n(-n2cccc2)c1=O. The minimum atomic E-state index is -0.304. The van der Waals surface area contributed by atoms with Gasteiger partial charge in [0.25, 0.3) is 0 Å². The first kappa shape index (κ1) is 20.7. The fourth-order valence-electron chi connectivity index (χ4n) is 3.19. The van der Waals surface area contributed by atoms with Gasteiger partial charge < -0.3 is 10.1 Å². The Morgan fingerprint density at radius 1 is 1.00 bits per heavy atom. The van der Waals surface area contributed by atoms with Crippen molar-refractivity contribution in [3.05, 3.63) is 94.0 Å². The number of methoxy groups -OCH3 is 1. The summed E-state index contributed by atoms with van der Waals surface area (Å²) in [4.78, 5) is 13.4. The summed E-state index contributed by atoms with van der Waals surface area (Å²) < 4.78 is 8.62. The second-order valence-electron chi connectivity index (χ2n) is 7.12. The van der Waals surface area contributed by atoms with Gasteiger partial charge in [0.05, 0.1) is 12.8 Å². The molecule has 0 aliphatic heterocycles. The van der Waals surface area contributed by atoms with Crippen LogP contribution in [0.5, 0.6) is 5.75 Å². The van der Waals surface area contributed by atoms with Crippen molar-refractivity contribution in [2.24, 2.45) is 0 Å². The number of nitrogens with zero attached hydrogens (tertiary/aromatic N) is 4. The molecule has 158 valence electrons. The lowest BCUT2D eigenvalue weighted by Crippen LogP contribution is -2.30. The quantitative estimate of drug-likeness (QED) is 0.435. The van der Waals surface area contributed by atoms with E-state index in [1.54, 1.807) is 24.2 Å². The van der Waals surface area contributed by atoms with Crippen molar-refractivity contribution in [1.82, 2.24) is 19.5 Å². The predicted octanol–water partition coefficient (Wildman–Crippen LogP) is 4.41. The van der Waals surface area contributed by atoms with Gasteiger partial charge in [-0.1, -0.05) is 47.7 Å². The normalized spacial score (nSPS) is 10.8. The lowest BCUT2D eigenvalue weighted by atomic mass is 10.2. The van der Waals surface area contributed by atoms with E-state index < -0.39 is 0 Å². The summed E-state index contributed by atoms with van der Waals surface area (Å²) in [5.74, 6) is 1.42. The molecule has 8 heteroatoms. The third kappa shape index (κ3) is 4.64. The molecule has 0 fully saturated rings. The molecule has 0 saturated heterocycles. The Balaban J connectivity index is 1.70. The van der Waals surface area contributed by atoms with Crippen LogP contribution in [0, 0.1) is 13.8 Å². The number of aromatic nitrogens is 4. The van der Waals surface area contributed by atoms with Gasteiger partial charge in [-0.2, -0.15) is 4.68 Å². The van der Waals surface area contributed by atoms with Gasteiger partial charge in [0.1, 0.15) is 5.75 Å². The number of ether oxygens (including phenoxy) is 1. The molecule has 4 aromatic rings. The van der Waals surface area contributed by atoms with Gasteiger partial charge in [-0.15, -0.1) is 10.2 Å². The van der Waals surface area contributed by atoms with Crippen LogP contribution in [0.15, 0.2) is 76.9 Å². The monoisotopic (exact) mass is 433 g/mol. The number of nitrogens with one attached hydrogen (secondary N) is 1. The zero-order valence-electron chi connectivity index (χ0n) is 17.6. The topological polar surface area (TPSA) is 74.0 Å². The molecule has 2 aromatic carbocycles. The average molecular weight is 434 g/mol. The first-order valence-electron chi connectivity index (χ1n) is 9.78. The third-order valence-electron chi connectivity index (χ3n) is 4.69. The van der Waals surface area contributed by atoms with Gasteiger partial charge in [0.2, 0.25) is 11.0 Å². The molecule has 0 spiro atoms. The Hall–Kier alpha value is -3.52. The maximum absolute atomic E-state index is 13.4. The van der Waals surface area contributed by atoms with E-state index in [1.165, 1.54) is 22.0 Å². The van der Waals surface area contributed by atoms with Crippen LogP contribution in [-0.2, 0) is 5.75 Å².